The molecule has 18 heavy (non-hydrogen) atoms. The zero-order chi connectivity index (χ0) is 12.5. The van der Waals surface area contributed by atoms with Gasteiger partial charge in [-0.05, 0) is 12.1 Å². The van der Waals surface area contributed by atoms with Gasteiger partial charge in [0.05, 0.1) is 17.3 Å². The molecule has 1 aromatic carbocycles. The number of aromatic nitrogens is 2. The molecule has 0 fully saturated rings. The Labute approximate surface area is 111 Å². The lowest BCUT2D eigenvalue weighted by atomic mass is 10.3. The second kappa shape index (κ2) is 4.42. The van der Waals surface area contributed by atoms with Gasteiger partial charge in [-0.25, -0.2) is 4.98 Å². The molecule has 5 heteroatoms. The summed E-state index contributed by atoms with van der Waals surface area (Å²) in [7, 11) is 0. The first kappa shape index (κ1) is 11.2. The maximum Gasteiger partial charge on any atom is 0.301 e. The van der Waals surface area contributed by atoms with Gasteiger partial charge >= 0.3 is 5.56 Å². The SMILES string of the molecule is O=c1c2occc2nc(CBr)n1-c1ccccc1. The summed E-state index contributed by atoms with van der Waals surface area (Å²) in [6.07, 6.45) is 1.48. The molecule has 3 aromatic rings. The van der Waals surface area contributed by atoms with Crippen molar-refractivity contribution >= 4 is 27.0 Å². The van der Waals surface area contributed by atoms with Gasteiger partial charge in [0.15, 0.2) is 0 Å². The molecular weight excluding hydrogens is 296 g/mol. The molecule has 0 radical (unpaired) electrons. The minimum Gasteiger partial charge on any atom is -0.457 e. The fraction of sp³-hybridized carbons (Fsp3) is 0.0769. The maximum atomic E-state index is 12.4. The van der Waals surface area contributed by atoms with Crippen molar-refractivity contribution in [1.82, 2.24) is 9.55 Å². The van der Waals surface area contributed by atoms with Crippen molar-refractivity contribution in [2.75, 3.05) is 0 Å². The number of nitrogens with zero attached hydrogens (tertiary/aromatic N) is 2. The molecule has 0 N–H and O–H groups in total. The van der Waals surface area contributed by atoms with Gasteiger partial charge in [-0.1, -0.05) is 34.1 Å². The van der Waals surface area contributed by atoms with Crippen molar-refractivity contribution < 1.29 is 4.42 Å². The van der Waals surface area contributed by atoms with Crippen molar-refractivity contribution in [2.45, 2.75) is 5.33 Å². The fourth-order valence-electron chi connectivity index (χ4n) is 1.89. The molecule has 0 aliphatic rings. The number of furan rings is 1. The Balaban J connectivity index is 2.40. The highest BCUT2D eigenvalue weighted by atomic mass is 79.9. The lowest BCUT2D eigenvalue weighted by molar-refractivity contribution is 0.605. The molecule has 2 heterocycles. The summed E-state index contributed by atoms with van der Waals surface area (Å²) in [5.41, 5.74) is 1.46. The molecule has 0 bridgehead atoms. The first-order valence-corrected chi connectivity index (χ1v) is 6.54. The van der Waals surface area contributed by atoms with Gasteiger partial charge in [0, 0.05) is 6.07 Å². The lowest BCUT2D eigenvalue weighted by Gasteiger charge is -2.09. The predicted octanol–water partition coefficient (Wildman–Crippen LogP) is 2.87. The number of alkyl halides is 1. The van der Waals surface area contributed by atoms with E-state index in [0.717, 1.165) is 5.69 Å². The molecule has 3 rings (SSSR count). The van der Waals surface area contributed by atoms with Crippen LogP contribution < -0.4 is 5.56 Å². The molecule has 90 valence electrons. The van der Waals surface area contributed by atoms with Crippen LogP contribution >= 0.6 is 15.9 Å². The first-order chi connectivity index (χ1) is 8.81. The minimum atomic E-state index is -0.189. The first-order valence-electron chi connectivity index (χ1n) is 5.42. The van der Waals surface area contributed by atoms with E-state index in [0.29, 0.717) is 16.7 Å². The smallest absolute Gasteiger partial charge is 0.301 e. The van der Waals surface area contributed by atoms with Crippen LogP contribution in [-0.2, 0) is 5.33 Å². The molecule has 0 saturated heterocycles. The highest BCUT2D eigenvalue weighted by molar-refractivity contribution is 9.08. The highest BCUT2D eigenvalue weighted by Gasteiger charge is 2.13. The zero-order valence-electron chi connectivity index (χ0n) is 9.34. The van der Waals surface area contributed by atoms with Crippen LogP contribution in [-0.4, -0.2) is 9.55 Å². The minimum absolute atomic E-state index is 0.189. The Hall–Kier alpha value is -1.88. The van der Waals surface area contributed by atoms with Gasteiger partial charge in [0.1, 0.15) is 11.3 Å². The summed E-state index contributed by atoms with van der Waals surface area (Å²) in [6, 6.07) is 11.1. The van der Waals surface area contributed by atoms with Gasteiger partial charge in [0.25, 0.3) is 0 Å². The van der Waals surface area contributed by atoms with E-state index >= 15 is 0 Å². The van der Waals surface area contributed by atoms with Gasteiger partial charge in [-0.2, -0.15) is 0 Å². The van der Waals surface area contributed by atoms with Crippen LogP contribution in [0.1, 0.15) is 5.82 Å². The van der Waals surface area contributed by atoms with Crippen LogP contribution in [0.4, 0.5) is 0 Å². The van der Waals surface area contributed by atoms with E-state index in [1.54, 1.807) is 10.6 Å². The van der Waals surface area contributed by atoms with Gasteiger partial charge in [-0.3, -0.25) is 9.36 Å². The molecule has 0 amide bonds. The largest absolute Gasteiger partial charge is 0.457 e. The number of benzene rings is 1. The number of halogens is 1. The third-order valence-electron chi connectivity index (χ3n) is 2.68. The van der Waals surface area contributed by atoms with E-state index in [1.165, 1.54) is 6.26 Å². The van der Waals surface area contributed by atoms with E-state index < -0.39 is 0 Å². The van der Waals surface area contributed by atoms with Crippen LogP contribution in [0.2, 0.25) is 0 Å². The molecule has 0 aliphatic heterocycles. The summed E-state index contributed by atoms with van der Waals surface area (Å²) in [6.45, 7) is 0. The summed E-state index contributed by atoms with van der Waals surface area (Å²) >= 11 is 3.36. The van der Waals surface area contributed by atoms with Gasteiger partial charge in [-0.15, -0.1) is 0 Å². The standard InChI is InChI=1S/C13H9BrN2O2/c14-8-11-15-10-6-7-18-12(10)13(17)16(11)9-4-2-1-3-5-9/h1-7H,8H2. The van der Waals surface area contributed by atoms with Crippen molar-refractivity contribution in [3.63, 3.8) is 0 Å². The molecule has 4 nitrogen and oxygen atoms in total. The average molecular weight is 305 g/mol. The molecular formula is C13H9BrN2O2. The van der Waals surface area contributed by atoms with Crippen LogP contribution in [0.3, 0.4) is 0 Å². The third-order valence-corrected chi connectivity index (χ3v) is 3.18. The summed E-state index contributed by atoms with van der Waals surface area (Å²) in [5.74, 6) is 0.653. The third kappa shape index (κ3) is 1.67. The molecule has 0 spiro atoms. The Morgan fingerprint density at radius 2 is 2.00 bits per heavy atom. The number of hydrogen-bond donors (Lipinski definition) is 0. The average Bonchev–Trinajstić information content (AvgIpc) is 2.88. The van der Waals surface area contributed by atoms with Crippen LogP contribution in [0.5, 0.6) is 0 Å². The summed E-state index contributed by atoms with van der Waals surface area (Å²) in [5, 5.41) is 0.498. The normalized spacial score (nSPS) is 10.9. The lowest BCUT2D eigenvalue weighted by Crippen LogP contribution is -2.22. The Bertz CT molecular complexity index is 747. The maximum absolute atomic E-state index is 12.4. The summed E-state index contributed by atoms with van der Waals surface area (Å²) in [4.78, 5) is 16.8. The van der Waals surface area contributed by atoms with E-state index in [1.807, 2.05) is 30.3 Å². The molecule has 0 saturated carbocycles. The predicted molar refractivity (Wildman–Crippen MR) is 72.2 cm³/mol. The number of hydrogen-bond acceptors (Lipinski definition) is 3. The zero-order valence-corrected chi connectivity index (χ0v) is 10.9. The van der Waals surface area contributed by atoms with E-state index in [2.05, 4.69) is 20.9 Å². The van der Waals surface area contributed by atoms with Crippen LogP contribution in [0.25, 0.3) is 16.8 Å². The highest BCUT2D eigenvalue weighted by Crippen LogP contribution is 2.15. The van der Waals surface area contributed by atoms with Crippen LogP contribution in [0, 0.1) is 0 Å². The van der Waals surface area contributed by atoms with Crippen molar-refractivity contribution in [2.24, 2.45) is 0 Å². The fourth-order valence-corrected chi connectivity index (χ4v) is 2.27. The van der Waals surface area contributed by atoms with Crippen molar-refractivity contribution in [3.05, 3.63) is 58.8 Å². The number of rotatable bonds is 2. The molecule has 0 atom stereocenters. The molecule has 2 aromatic heterocycles. The van der Waals surface area contributed by atoms with E-state index in [4.69, 9.17) is 4.42 Å². The second-order valence-corrected chi connectivity index (χ2v) is 4.33. The molecule has 0 unspecified atom stereocenters. The Morgan fingerprint density at radius 3 is 2.72 bits per heavy atom. The van der Waals surface area contributed by atoms with E-state index in [9.17, 15) is 4.79 Å². The quantitative estimate of drug-likeness (QED) is 0.684. The van der Waals surface area contributed by atoms with E-state index in [-0.39, 0.29) is 11.1 Å². The second-order valence-electron chi connectivity index (χ2n) is 3.77. The molecule has 0 aliphatic carbocycles. The number of fused-ring (bicyclic) bond motifs is 1. The Kier molecular flexibility index (Phi) is 2.76. The number of para-hydroxylation sites is 1. The van der Waals surface area contributed by atoms with Crippen LogP contribution in [0.15, 0.2) is 51.9 Å². The summed E-state index contributed by atoms with van der Waals surface area (Å²) < 4.78 is 6.76. The Morgan fingerprint density at radius 1 is 1.22 bits per heavy atom. The topological polar surface area (TPSA) is 48.0 Å². The monoisotopic (exact) mass is 304 g/mol. The van der Waals surface area contributed by atoms with Gasteiger partial charge in [0.2, 0.25) is 5.58 Å². The van der Waals surface area contributed by atoms with Crippen molar-refractivity contribution in [1.29, 1.82) is 0 Å². The van der Waals surface area contributed by atoms with Crippen molar-refractivity contribution in [3.8, 4) is 5.69 Å². The van der Waals surface area contributed by atoms with Gasteiger partial charge < -0.3 is 4.42 Å².